The molecule has 1 amide bonds. The van der Waals surface area contributed by atoms with Gasteiger partial charge in [0.1, 0.15) is 17.5 Å². The summed E-state index contributed by atoms with van der Waals surface area (Å²) in [6.07, 6.45) is 6.93. The SMILES string of the molecule is Cc1cc(NC(=O)/C(C=N)=C2\N=C(N3CCCC3)C=CN2)[nH]n1. The second-order valence-electron chi connectivity index (χ2n) is 5.43. The van der Waals surface area contributed by atoms with E-state index in [2.05, 4.69) is 30.7 Å². The number of amidine groups is 1. The molecule has 8 heteroatoms. The maximum absolute atomic E-state index is 12.4. The molecular weight excluding hydrogens is 294 g/mol. The number of hydrogen-bond donors (Lipinski definition) is 4. The third kappa shape index (κ3) is 3.31. The first-order chi connectivity index (χ1) is 11.2. The Labute approximate surface area is 133 Å². The molecule has 3 rings (SSSR count). The zero-order chi connectivity index (χ0) is 16.2. The quantitative estimate of drug-likeness (QED) is 0.495. The van der Waals surface area contributed by atoms with Crippen molar-refractivity contribution in [3.8, 4) is 0 Å². The molecule has 0 saturated carbocycles. The first-order valence-corrected chi connectivity index (χ1v) is 7.52. The van der Waals surface area contributed by atoms with Crippen molar-refractivity contribution in [3.63, 3.8) is 0 Å². The molecule has 0 aliphatic carbocycles. The van der Waals surface area contributed by atoms with Crippen LogP contribution in [0.1, 0.15) is 18.5 Å². The van der Waals surface area contributed by atoms with Crippen molar-refractivity contribution >= 4 is 23.8 Å². The summed E-state index contributed by atoms with van der Waals surface area (Å²) in [5.41, 5.74) is 0.940. The average molecular weight is 313 g/mol. The molecule has 1 saturated heterocycles. The number of nitrogens with zero attached hydrogens (tertiary/aromatic N) is 3. The van der Waals surface area contributed by atoms with Gasteiger partial charge in [0.25, 0.3) is 5.91 Å². The highest BCUT2D eigenvalue weighted by atomic mass is 16.1. The Bertz CT molecular complexity index is 707. The molecule has 2 aliphatic heterocycles. The van der Waals surface area contributed by atoms with Gasteiger partial charge in [-0.25, -0.2) is 4.99 Å². The van der Waals surface area contributed by atoms with Crippen molar-refractivity contribution in [2.24, 2.45) is 4.99 Å². The Morgan fingerprint density at radius 3 is 2.87 bits per heavy atom. The van der Waals surface area contributed by atoms with E-state index in [0.717, 1.165) is 43.7 Å². The Morgan fingerprint density at radius 1 is 1.43 bits per heavy atom. The standard InChI is InChI=1S/C15H19N7O/c1-10-8-12(21-20-10)18-15(23)11(9-16)14-17-5-4-13(19-14)22-6-2-3-7-22/h4-5,8-9,16-17H,2-3,6-7H2,1H3,(H2,18,20,21,23)/b14-11-,16-9?. The summed E-state index contributed by atoms with van der Waals surface area (Å²) < 4.78 is 0. The number of aromatic amines is 1. The van der Waals surface area contributed by atoms with Crippen LogP contribution in [-0.2, 0) is 4.79 Å². The van der Waals surface area contributed by atoms with E-state index < -0.39 is 5.91 Å². The normalized spacial score (nSPS) is 19.2. The van der Waals surface area contributed by atoms with Gasteiger partial charge in [0.05, 0.1) is 11.3 Å². The van der Waals surface area contributed by atoms with Crippen molar-refractivity contribution in [1.82, 2.24) is 20.4 Å². The molecule has 1 aromatic heterocycles. The molecule has 120 valence electrons. The lowest BCUT2D eigenvalue weighted by molar-refractivity contribution is -0.112. The van der Waals surface area contributed by atoms with Gasteiger partial charge in [-0.3, -0.25) is 9.89 Å². The van der Waals surface area contributed by atoms with Crippen molar-refractivity contribution in [3.05, 3.63) is 35.4 Å². The molecule has 0 aromatic carbocycles. The van der Waals surface area contributed by atoms with Gasteiger partial charge in [-0.2, -0.15) is 5.10 Å². The lowest BCUT2D eigenvalue weighted by atomic mass is 10.2. The molecule has 0 atom stereocenters. The van der Waals surface area contributed by atoms with Crippen LogP contribution >= 0.6 is 0 Å². The van der Waals surface area contributed by atoms with Crippen LogP contribution in [0.3, 0.4) is 0 Å². The predicted octanol–water partition coefficient (Wildman–Crippen LogP) is 1.13. The van der Waals surface area contributed by atoms with E-state index in [1.165, 1.54) is 0 Å². The molecule has 3 heterocycles. The Kier molecular flexibility index (Phi) is 4.22. The van der Waals surface area contributed by atoms with Crippen LogP contribution in [0.2, 0.25) is 0 Å². The van der Waals surface area contributed by atoms with Crippen molar-refractivity contribution in [2.75, 3.05) is 18.4 Å². The Morgan fingerprint density at radius 2 is 2.22 bits per heavy atom. The van der Waals surface area contributed by atoms with Crippen LogP contribution in [0, 0.1) is 12.3 Å². The number of aryl methyl sites for hydroxylation is 1. The third-order valence-corrected chi connectivity index (χ3v) is 3.71. The van der Waals surface area contributed by atoms with Crippen molar-refractivity contribution in [2.45, 2.75) is 19.8 Å². The number of aromatic nitrogens is 2. The second-order valence-corrected chi connectivity index (χ2v) is 5.43. The fourth-order valence-electron chi connectivity index (χ4n) is 2.56. The number of anilines is 1. The molecule has 0 bridgehead atoms. The molecule has 8 nitrogen and oxygen atoms in total. The van der Waals surface area contributed by atoms with Crippen LogP contribution in [-0.4, -0.2) is 46.1 Å². The van der Waals surface area contributed by atoms with Crippen molar-refractivity contribution in [1.29, 1.82) is 5.41 Å². The van der Waals surface area contributed by atoms with Crippen LogP contribution in [0.15, 0.2) is 34.7 Å². The summed E-state index contributed by atoms with van der Waals surface area (Å²) in [5, 5.41) is 19.9. The average Bonchev–Trinajstić information content (AvgIpc) is 3.20. The van der Waals surface area contributed by atoms with Crippen LogP contribution in [0.5, 0.6) is 0 Å². The summed E-state index contributed by atoms with van der Waals surface area (Å²) in [5.74, 6) is 1.27. The molecule has 1 aromatic rings. The first-order valence-electron chi connectivity index (χ1n) is 7.52. The summed E-state index contributed by atoms with van der Waals surface area (Å²) in [4.78, 5) is 19.0. The Balaban J connectivity index is 1.82. The first kappa shape index (κ1) is 15.0. The Hall–Kier alpha value is -2.90. The third-order valence-electron chi connectivity index (χ3n) is 3.71. The lowest BCUT2D eigenvalue weighted by Crippen LogP contribution is -2.30. The van der Waals surface area contributed by atoms with E-state index in [4.69, 9.17) is 5.41 Å². The number of carbonyl (C=O) groups is 1. The van der Waals surface area contributed by atoms with E-state index in [9.17, 15) is 4.79 Å². The predicted molar refractivity (Wildman–Crippen MR) is 88.3 cm³/mol. The summed E-state index contributed by atoms with van der Waals surface area (Å²) in [6.45, 7) is 3.76. The fraction of sp³-hybridized carbons (Fsp3) is 0.333. The molecule has 1 fully saturated rings. The highest BCUT2D eigenvalue weighted by molar-refractivity contribution is 6.17. The van der Waals surface area contributed by atoms with Gasteiger partial charge in [-0.15, -0.1) is 0 Å². The van der Waals surface area contributed by atoms with Gasteiger partial charge >= 0.3 is 0 Å². The van der Waals surface area contributed by atoms with Crippen LogP contribution in [0.4, 0.5) is 5.82 Å². The smallest absolute Gasteiger partial charge is 0.262 e. The van der Waals surface area contributed by atoms with E-state index in [1.807, 2.05) is 13.0 Å². The van der Waals surface area contributed by atoms with E-state index in [1.54, 1.807) is 12.3 Å². The molecule has 4 N–H and O–H groups in total. The zero-order valence-electron chi connectivity index (χ0n) is 12.9. The van der Waals surface area contributed by atoms with Crippen molar-refractivity contribution < 1.29 is 4.79 Å². The monoisotopic (exact) mass is 313 g/mol. The molecular formula is C15H19N7O. The minimum atomic E-state index is -0.411. The second kappa shape index (κ2) is 6.47. The number of carbonyl (C=O) groups excluding carboxylic acids is 1. The number of nitrogens with one attached hydrogen (secondary N) is 4. The number of H-pyrrole nitrogens is 1. The van der Waals surface area contributed by atoms with Gasteiger partial charge < -0.3 is 20.9 Å². The number of hydrogen-bond acceptors (Lipinski definition) is 6. The van der Waals surface area contributed by atoms with E-state index >= 15 is 0 Å². The van der Waals surface area contributed by atoms with Gasteiger partial charge in [-0.1, -0.05) is 0 Å². The van der Waals surface area contributed by atoms with Crippen LogP contribution < -0.4 is 10.6 Å². The van der Waals surface area contributed by atoms with Crippen LogP contribution in [0.25, 0.3) is 0 Å². The maximum Gasteiger partial charge on any atom is 0.262 e. The molecule has 0 radical (unpaired) electrons. The molecule has 23 heavy (non-hydrogen) atoms. The van der Waals surface area contributed by atoms with Gasteiger partial charge in [0.2, 0.25) is 0 Å². The summed E-state index contributed by atoms with van der Waals surface area (Å²) in [6, 6.07) is 1.72. The highest BCUT2D eigenvalue weighted by Gasteiger charge is 2.20. The van der Waals surface area contributed by atoms with Gasteiger partial charge in [-0.05, 0) is 25.8 Å². The van der Waals surface area contributed by atoms with E-state index in [-0.39, 0.29) is 5.57 Å². The number of likely N-dealkylation sites (tertiary alicyclic amines) is 1. The topological polar surface area (TPSA) is 109 Å². The number of rotatable bonds is 3. The molecule has 0 spiro atoms. The fourth-order valence-corrected chi connectivity index (χ4v) is 2.56. The van der Waals surface area contributed by atoms with E-state index in [0.29, 0.717) is 11.6 Å². The summed E-state index contributed by atoms with van der Waals surface area (Å²) >= 11 is 0. The lowest BCUT2D eigenvalue weighted by Gasteiger charge is -2.21. The van der Waals surface area contributed by atoms with Gasteiger partial charge in [0, 0.05) is 31.6 Å². The number of amides is 1. The summed E-state index contributed by atoms with van der Waals surface area (Å²) in [7, 11) is 0. The maximum atomic E-state index is 12.4. The number of aliphatic imine (C=N–C) groups is 1. The largest absolute Gasteiger partial charge is 0.357 e. The molecule has 2 aliphatic rings. The molecule has 0 unspecified atom stereocenters. The minimum Gasteiger partial charge on any atom is -0.357 e. The van der Waals surface area contributed by atoms with Gasteiger partial charge in [0.15, 0.2) is 0 Å². The zero-order valence-corrected chi connectivity index (χ0v) is 12.9. The minimum absolute atomic E-state index is 0.165. The highest BCUT2D eigenvalue weighted by Crippen LogP contribution is 2.15.